The Morgan fingerprint density at radius 2 is 1.73 bits per heavy atom. The first kappa shape index (κ1) is 19.4. The number of hydrogen-bond acceptors (Lipinski definition) is 3. The molecule has 1 heterocycles. The van der Waals surface area contributed by atoms with Crippen molar-refractivity contribution in [3.05, 3.63) is 101 Å². The van der Waals surface area contributed by atoms with Crippen molar-refractivity contribution >= 4 is 33.2 Å². The van der Waals surface area contributed by atoms with Crippen LogP contribution < -0.4 is 5.43 Å². The summed E-state index contributed by atoms with van der Waals surface area (Å²) >= 11 is 0. The van der Waals surface area contributed by atoms with Crippen molar-refractivity contribution in [1.29, 1.82) is 0 Å². The summed E-state index contributed by atoms with van der Waals surface area (Å²) in [5.74, 6) is -0.320. The fraction of sp³-hybridized carbons (Fsp3) is 0.107. The van der Waals surface area contributed by atoms with Crippen LogP contribution in [0.15, 0.2) is 84.0 Å². The highest BCUT2D eigenvalue weighted by Crippen LogP contribution is 2.36. The van der Waals surface area contributed by atoms with E-state index in [9.17, 15) is 4.79 Å². The van der Waals surface area contributed by atoms with Crippen molar-refractivity contribution in [1.82, 2.24) is 15.6 Å². The lowest BCUT2D eigenvalue weighted by molar-refractivity contribution is 0.0950. The van der Waals surface area contributed by atoms with Gasteiger partial charge in [0.25, 0.3) is 5.91 Å². The number of carbonyl (C=O) groups is 1. The van der Waals surface area contributed by atoms with Crippen molar-refractivity contribution in [2.24, 2.45) is 5.10 Å². The van der Waals surface area contributed by atoms with Gasteiger partial charge in [0.05, 0.1) is 11.4 Å². The van der Waals surface area contributed by atoms with Crippen LogP contribution in [-0.2, 0) is 12.8 Å². The molecule has 0 spiro atoms. The first-order chi connectivity index (χ1) is 16.2. The fourth-order valence-corrected chi connectivity index (χ4v) is 4.72. The molecule has 6 rings (SSSR count). The Bertz CT molecular complexity index is 1570. The zero-order valence-electron chi connectivity index (χ0n) is 18.2. The number of aromatic amines is 1. The molecule has 33 heavy (non-hydrogen) atoms. The Balaban J connectivity index is 1.25. The molecule has 4 aromatic carbocycles. The largest absolute Gasteiger partial charge is 0.289 e. The van der Waals surface area contributed by atoms with Crippen LogP contribution in [0.25, 0.3) is 32.8 Å². The van der Waals surface area contributed by atoms with Gasteiger partial charge in [-0.3, -0.25) is 9.89 Å². The van der Waals surface area contributed by atoms with E-state index in [0.717, 1.165) is 40.8 Å². The van der Waals surface area contributed by atoms with E-state index in [1.54, 1.807) is 6.07 Å². The number of carbonyl (C=O) groups excluding carboxylic acids is 1. The lowest BCUT2D eigenvalue weighted by Gasteiger charge is -2.06. The number of hydrazone groups is 1. The highest BCUT2D eigenvalue weighted by atomic mass is 16.2. The molecule has 0 fully saturated rings. The van der Waals surface area contributed by atoms with E-state index in [-0.39, 0.29) is 5.91 Å². The molecule has 2 N–H and O–H groups in total. The van der Waals surface area contributed by atoms with Crippen LogP contribution in [-0.4, -0.2) is 21.8 Å². The molecule has 1 amide bonds. The zero-order valence-corrected chi connectivity index (χ0v) is 18.2. The second-order valence-corrected chi connectivity index (χ2v) is 8.48. The van der Waals surface area contributed by atoms with E-state index >= 15 is 0 Å². The predicted molar refractivity (Wildman–Crippen MR) is 133 cm³/mol. The second kappa shape index (κ2) is 7.71. The average molecular weight is 431 g/mol. The first-order valence-electron chi connectivity index (χ1n) is 11.1. The maximum atomic E-state index is 12.7. The Morgan fingerprint density at radius 1 is 0.909 bits per heavy atom. The van der Waals surface area contributed by atoms with Crippen LogP contribution in [0.1, 0.15) is 34.1 Å². The predicted octanol–water partition coefficient (Wildman–Crippen LogP) is 5.64. The van der Waals surface area contributed by atoms with Crippen molar-refractivity contribution in [3.63, 3.8) is 0 Å². The molecule has 0 unspecified atom stereocenters. The molecule has 160 valence electrons. The van der Waals surface area contributed by atoms with Crippen LogP contribution in [0, 0.1) is 0 Å². The van der Waals surface area contributed by atoms with Gasteiger partial charge in [-0.1, -0.05) is 66.7 Å². The van der Waals surface area contributed by atoms with Gasteiger partial charge in [-0.2, -0.15) is 10.2 Å². The van der Waals surface area contributed by atoms with Crippen LogP contribution in [0.4, 0.5) is 0 Å². The van der Waals surface area contributed by atoms with Gasteiger partial charge in [0.2, 0.25) is 0 Å². The molecular weight excluding hydrogens is 408 g/mol. The molecule has 0 saturated carbocycles. The number of aryl methyl sites for hydroxylation is 2. The van der Waals surface area contributed by atoms with Crippen molar-refractivity contribution in [2.45, 2.75) is 19.8 Å². The van der Waals surface area contributed by atoms with E-state index < -0.39 is 0 Å². The summed E-state index contributed by atoms with van der Waals surface area (Å²) in [5.41, 5.74) is 9.29. The summed E-state index contributed by atoms with van der Waals surface area (Å²) in [7, 11) is 0. The van der Waals surface area contributed by atoms with Crippen LogP contribution in [0.3, 0.4) is 0 Å². The van der Waals surface area contributed by atoms with Gasteiger partial charge in [0.15, 0.2) is 0 Å². The van der Waals surface area contributed by atoms with Gasteiger partial charge >= 0.3 is 0 Å². The molecule has 0 saturated heterocycles. The minimum atomic E-state index is -0.320. The number of aromatic nitrogens is 2. The lowest BCUT2D eigenvalue weighted by atomic mass is 9.98. The van der Waals surface area contributed by atoms with E-state index in [2.05, 4.69) is 75.3 Å². The first-order valence-corrected chi connectivity index (χ1v) is 11.1. The quantitative estimate of drug-likeness (QED) is 0.286. The van der Waals surface area contributed by atoms with Gasteiger partial charge in [0.1, 0.15) is 5.69 Å². The minimum Gasteiger partial charge on any atom is -0.272 e. The average Bonchev–Trinajstić information content (AvgIpc) is 3.51. The molecule has 1 aromatic heterocycles. The third-order valence-corrected chi connectivity index (χ3v) is 6.47. The highest BCUT2D eigenvalue weighted by Gasteiger charge is 2.18. The van der Waals surface area contributed by atoms with Crippen LogP contribution >= 0.6 is 0 Å². The third kappa shape index (κ3) is 3.38. The molecule has 1 aliphatic carbocycles. The summed E-state index contributed by atoms with van der Waals surface area (Å²) in [6, 6.07) is 26.8. The molecule has 0 aliphatic heterocycles. The Hall–Kier alpha value is -4.25. The fourth-order valence-electron chi connectivity index (χ4n) is 4.72. The molecule has 0 radical (unpaired) electrons. The summed E-state index contributed by atoms with van der Waals surface area (Å²) in [5, 5.41) is 16.4. The van der Waals surface area contributed by atoms with Crippen LogP contribution in [0.5, 0.6) is 0 Å². The van der Waals surface area contributed by atoms with Gasteiger partial charge in [0, 0.05) is 5.56 Å². The number of rotatable bonds is 4. The standard InChI is InChI=1S/C28H22N4O/c1-17(21-12-9-18-5-2-3-6-22(18)15-21)29-32-28(33)26-16-25(30-31-26)23-14-13-20-11-10-19-7-4-8-24(23)27(19)20/h2-9,12-16H,10-11H2,1H3,(H,30,31)(H,32,33). The topological polar surface area (TPSA) is 70.1 Å². The van der Waals surface area contributed by atoms with Gasteiger partial charge in [-0.05, 0) is 70.1 Å². The summed E-state index contributed by atoms with van der Waals surface area (Å²) < 4.78 is 0. The van der Waals surface area contributed by atoms with E-state index in [4.69, 9.17) is 0 Å². The smallest absolute Gasteiger partial charge is 0.272 e. The number of hydrogen-bond donors (Lipinski definition) is 2. The van der Waals surface area contributed by atoms with Crippen LogP contribution in [0.2, 0.25) is 0 Å². The summed E-state index contributed by atoms with van der Waals surface area (Å²) in [4.78, 5) is 12.7. The molecule has 0 bridgehead atoms. The van der Waals surface area contributed by atoms with E-state index in [0.29, 0.717) is 5.69 Å². The normalized spacial score (nSPS) is 13.1. The van der Waals surface area contributed by atoms with Crippen molar-refractivity contribution in [3.8, 4) is 11.3 Å². The maximum Gasteiger partial charge on any atom is 0.289 e. The number of nitrogens with one attached hydrogen (secondary N) is 2. The number of nitrogens with zero attached hydrogens (tertiary/aromatic N) is 2. The Kier molecular flexibility index (Phi) is 4.54. The number of fused-ring (bicyclic) bond motifs is 1. The van der Waals surface area contributed by atoms with Crippen molar-refractivity contribution in [2.75, 3.05) is 0 Å². The summed E-state index contributed by atoms with van der Waals surface area (Å²) in [6.45, 7) is 1.88. The second-order valence-electron chi connectivity index (χ2n) is 8.48. The van der Waals surface area contributed by atoms with Gasteiger partial charge in [-0.25, -0.2) is 5.43 Å². The molecule has 0 atom stereocenters. The number of amides is 1. The van der Waals surface area contributed by atoms with E-state index in [1.165, 1.54) is 27.3 Å². The molecule has 5 nitrogen and oxygen atoms in total. The SMILES string of the molecule is CC(=NNC(=O)c1cc(-c2ccc3c4c(cccc24)CC3)n[nH]1)c1ccc2ccccc2c1. The zero-order chi connectivity index (χ0) is 22.4. The minimum absolute atomic E-state index is 0.320. The molecular formula is C28H22N4O. The number of benzene rings is 4. The monoisotopic (exact) mass is 430 g/mol. The van der Waals surface area contributed by atoms with Gasteiger partial charge < -0.3 is 0 Å². The van der Waals surface area contributed by atoms with E-state index in [1.807, 2.05) is 25.1 Å². The molecule has 5 heteroatoms. The lowest BCUT2D eigenvalue weighted by Crippen LogP contribution is -2.19. The molecule has 1 aliphatic rings. The number of H-pyrrole nitrogens is 1. The maximum absolute atomic E-state index is 12.7. The third-order valence-electron chi connectivity index (χ3n) is 6.47. The summed E-state index contributed by atoms with van der Waals surface area (Å²) in [6.07, 6.45) is 2.16. The van der Waals surface area contributed by atoms with Crippen molar-refractivity contribution < 1.29 is 4.79 Å². The highest BCUT2D eigenvalue weighted by molar-refractivity contribution is 6.04. The Labute approximate surface area is 191 Å². The van der Waals surface area contributed by atoms with Gasteiger partial charge in [-0.15, -0.1) is 0 Å². The Morgan fingerprint density at radius 3 is 2.61 bits per heavy atom. The molecule has 5 aromatic rings.